The molecule has 0 aliphatic rings. The molecule has 10 nitrogen and oxygen atoms in total. The number of tetrazole rings is 1. The second-order valence-corrected chi connectivity index (χ2v) is 7.16. The lowest BCUT2D eigenvalue weighted by Gasteiger charge is -2.13. The van der Waals surface area contributed by atoms with Crippen molar-refractivity contribution in [3.05, 3.63) is 89.9 Å². The average Bonchev–Trinajstić information content (AvgIpc) is 3.55. The van der Waals surface area contributed by atoms with Crippen molar-refractivity contribution in [1.29, 1.82) is 5.26 Å². The number of nitrogens with zero attached hydrogens (tertiary/aromatic N) is 6. The zero-order chi connectivity index (χ0) is 22.6. The van der Waals surface area contributed by atoms with Gasteiger partial charge in [0, 0.05) is 16.6 Å². The van der Waals surface area contributed by atoms with Crippen LogP contribution in [-0.4, -0.2) is 36.3 Å². The molecule has 0 aliphatic heterocycles. The third-order valence-electron chi connectivity index (χ3n) is 4.99. The van der Waals surface area contributed by atoms with Gasteiger partial charge in [0.1, 0.15) is 24.4 Å². The number of carbonyl (C=O) groups is 1. The number of fused-ring (bicyclic) bond motifs is 1. The Balaban J connectivity index is 1.38. The van der Waals surface area contributed by atoms with E-state index in [2.05, 4.69) is 37.1 Å². The summed E-state index contributed by atoms with van der Waals surface area (Å²) in [5, 5.41) is 30.8. The molecule has 0 radical (unpaired) electrons. The van der Waals surface area contributed by atoms with E-state index in [0.29, 0.717) is 28.3 Å². The molecule has 0 fully saturated rings. The first-order valence-corrected chi connectivity index (χ1v) is 9.93. The van der Waals surface area contributed by atoms with Crippen LogP contribution in [0.4, 0.5) is 5.69 Å². The molecule has 0 aliphatic carbocycles. The van der Waals surface area contributed by atoms with E-state index in [4.69, 9.17) is 10.00 Å². The van der Waals surface area contributed by atoms with Crippen molar-refractivity contribution in [2.24, 2.45) is 0 Å². The summed E-state index contributed by atoms with van der Waals surface area (Å²) in [6.45, 7) is 0.289. The lowest BCUT2D eigenvalue weighted by Crippen LogP contribution is -2.12. The number of nitrogens with one attached hydrogen (secondary N) is 2. The van der Waals surface area contributed by atoms with Gasteiger partial charge >= 0.3 is 0 Å². The van der Waals surface area contributed by atoms with Crippen LogP contribution in [0.1, 0.15) is 21.5 Å². The van der Waals surface area contributed by atoms with E-state index in [9.17, 15) is 4.79 Å². The number of benzene rings is 3. The molecule has 10 heteroatoms. The molecule has 2 aromatic heterocycles. The van der Waals surface area contributed by atoms with Gasteiger partial charge in [0.2, 0.25) is 0 Å². The highest BCUT2D eigenvalue weighted by molar-refractivity contribution is 6.06. The van der Waals surface area contributed by atoms with Crippen LogP contribution in [0.2, 0.25) is 0 Å². The van der Waals surface area contributed by atoms with Gasteiger partial charge in [-0.2, -0.15) is 15.0 Å². The number of H-pyrrole nitrogens is 1. The Morgan fingerprint density at radius 3 is 2.79 bits per heavy atom. The predicted molar refractivity (Wildman–Crippen MR) is 119 cm³/mol. The maximum Gasteiger partial charge on any atom is 0.255 e. The third kappa shape index (κ3) is 4.24. The molecule has 3 aromatic carbocycles. The van der Waals surface area contributed by atoms with Gasteiger partial charge in [0.25, 0.3) is 5.91 Å². The van der Waals surface area contributed by atoms with Crippen LogP contribution in [0.25, 0.3) is 16.6 Å². The van der Waals surface area contributed by atoms with Crippen molar-refractivity contribution in [2.45, 2.75) is 6.61 Å². The second kappa shape index (κ2) is 8.60. The number of nitriles is 1. The fourth-order valence-corrected chi connectivity index (χ4v) is 3.29. The van der Waals surface area contributed by atoms with Crippen molar-refractivity contribution < 1.29 is 9.53 Å². The molecule has 5 aromatic rings. The third-order valence-corrected chi connectivity index (χ3v) is 4.99. The summed E-state index contributed by atoms with van der Waals surface area (Å²) < 4.78 is 7.44. The normalized spacial score (nSPS) is 10.6. The highest BCUT2D eigenvalue weighted by atomic mass is 16.5. The molecule has 160 valence electrons. The summed E-state index contributed by atoms with van der Waals surface area (Å²) in [5.41, 5.74) is 3.98. The first-order valence-electron chi connectivity index (χ1n) is 9.93. The number of hydrogen-bond donors (Lipinski definition) is 2. The first kappa shape index (κ1) is 19.9. The minimum atomic E-state index is -0.257. The van der Waals surface area contributed by atoms with E-state index >= 15 is 0 Å². The number of anilines is 1. The van der Waals surface area contributed by atoms with E-state index in [-0.39, 0.29) is 12.5 Å². The smallest absolute Gasteiger partial charge is 0.255 e. The van der Waals surface area contributed by atoms with Crippen molar-refractivity contribution in [1.82, 2.24) is 30.4 Å². The van der Waals surface area contributed by atoms with Gasteiger partial charge in [-0.05, 0) is 64.5 Å². The van der Waals surface area contributed by atoms with Gasteiger partial charge in [-0.15, -0.1) is 5.10 Å². The van der Waals surface area contributed by atoms with Gasteiger partial charge in [-0.1, -0.05) is 12.1 Å². The number of aromatic nitrogens is 6. The minimum Gasteiger partial charge on any atom is -0.487 e. The zero-order valence-electron chi connectivity index (χ0n) is 17.1. The van der Waals surface area contributed by atoms with Crippen molar-refractivity contribution in [2.75, 3.05) is 5.32 Å². The maximum absolute atomic E-state index is 12.8. The Hall–Kier alpha value is -5.04. The number of carbonyl (C=O) groups excluding carboxylic acids is 1. The summed E-state index contributed by atoms with van der Waals surface area (Å²) in [4.78, 5) is 12.8. The number of ether oxygens (including phenoxy) is 1. The van der Waals surface area contributed by atoms with Gasteiger partial charge in [-0.3, -0.25) is 9.89 Å². The van der Waals surface area contributed by atoms with Crippen LogP contribution >= 0.6 is 0 Å². The monoisotopic (exact) mass is 436 g/mol. The van der Waals surface area contributed by atoms with Crippen LogP contribution in [0.3, 0.4) is 0 Å². The van der Waals surface area contributed by atoms with Crippen LogP contribution < -0.4 is 10.1 Å². The van der Waals surface area contributed by atoms with Crippen molar-refractivity contribution >= 4 is 22.5 Å². The molecular formula is C23H16N8O2. The largest absolute Gasteiger partial charge is 0.487 e. The lowest BCUT2D eigenvalue weighted by atomic mass is 10.1. The van der Waals surface area contributed by atoms with Crippen LogP contribution in [0.15, 0.2) is 73.2 Å². The van der Waals surface area contributed by atoms with Gasteiger partial charge in [-0.25, -0.2) is 0 Å². The minimum absolute atomic E-state index is 0.257. The Bertz CT molecular complexity index is 1470. The van der Waals surface area contributed by atoms with Crippen molar-refractivity contribution in [3.63, 3.8) is 0 Å². The average molecular weight is 436 g/mol. The summed E-state index contributed by atoms with van der Waals surface area (Å²) in [6.07, 6.45) is 3.12. The van der Waals surface area contributed by atoms with Gasteiger partial charge < -0.3 is 10.1 Å². The first-order chi connectivity index (χ1) is 16.2. The molecule has 33 heavy (non-hydrogen) atoms. The molecule has 0 atom stereocenters. The fourth-order valence-electron chi connectivity index (χ4n) is 3.29. The SMILES string of the molecule is N#Cc1ccc(COc2ccc(NC(=O)c3ccc4[nH]ncc4c3)cc2-n2cnnn2)cc1. The number of hydrogen-bond acceptors (Lipinski definition) is 7. The lowest BCUT2D eigenvalue weighted by molar-refractivity contribution is 0.102. The van der Waals surface area contributed by atoms with Gasteiger partial charge in [0.05, 0.1) is 23.3 Å². The van der Waals surface area contributed by atoms with E-state index in [1.165, 1.54) is 11.0 Å². The fraction of sp³-hybridized carbons (Fsp3) is 0.0435. The maximum atomic E-state index is 12.8. The molecular weight excluding hydrogens is 420 g/mol. The summed E-state index contributed by atoms with van der Waals surface area (Å²) in [6, 6.07) is 19.8. The van der Waals surface area contributed by atoms with Crippen molar-refractivity contribution in [3.8, 4) is 17.5 Å². The summed E-state index contributed by atoms with van der Waals surface area (Å²) >= 11 is 0. The molecule has 0 saturated carbocycles. The topological polar surface area (TPSA) is 134 Å². The van der Waals surface area contributed by atoms with Gasteiger partial charge in [0.15, 0.2) is 0 Å². The Kier molecular flexibility index (Phi) is 5.19. The van der Waals surface area contributed by atoms with E-state index in [1.807, 2.05) is 18.2 Å². The van der Waals surface area contributed by atoms with E-state index < -0.39 is 0 Å². The number of rotatable bonds is 6. The predicted octanol–water partition coefficient (Wildman–Crippen LogP) is 3.24. The summed E-state index contributed by atoms with van der Waals surface area (Å²) in [7, 11) is 0. The molecule has 2 N–H and O–H groups in total. The molecule has 5 rings (SSSR count). The van der Waals surface area contributed by atoms with E-state index in [0.717, 1.165) is 16.5 Å². The summed E-state index contributed by atoms with van der Waals surface area (Å²) in [5.74, 6) is 0.275. The molecule has 0 bridgehead atoms. The molecule has 0 spiro atoms. The van der Waals surface area contributed by atoms with E-state index in [1.54, 1.807) is 48.7 Å². The van der Waals surface area contributed by atoms with Crippen LogP contribution in [0, 0.1) is 11.3 Å². The molecule has 0 saturated heterocycles. The Morgan fingerprint density at radius 1 is 1.12 bits per heavy atom. The second-order valence-electron chi connectivity index (χ2n) is 7.16. The quantitative estimate of drug-likeness (QED) is 0.417. The number of aromatic amines is 1. The van der Waals surface area contributed by atoms with Crippen LogP contribution in [-0.2, 0) is 6.61 Å². The molecule has 1 amide bonds. The standard InChI is InChI=1S/C23H16N8O2/c24-11-15-1-3-16(4-2-15)13-33-22-8-6-19(10-21(22)31-14-26-29-30-31)27-23(32)17-5-7-20-18(9-17)12-25-28-20/h1-10,12,14H,13H2,(H,25,28)(H,27,32). The Morgan fingerprint density at radius 2 is 2.00 bits per heavy atom. The van der Waals surface area contributed by atoms with Crippen LogP contribution in [0.5, 0.6) is 5.75 Å². The molecule has 2 heterocycles. The number of amides is 1. The molecule has 0 unspecified atom stereocenters. The zero-order valence-corrected chi connectivity index (χ0v) is 17.1. The highest BCUT2D eigenvalue weighted by Crippen LogP contribution is 2.27. The highest BCUT2D eigenvalue weighted by Gasteiger charge is 2.13. The Labute approximate surface area is 187 Å².